The summed E-state index contributed by atoms with van der Waals surface area (Å²) in [5, 5.41) is 2.72. The van der Waals surface area contributed by atoms with Gasteiger partial charge in [-0.3, -0.25) is 18.6 Å². The fourth-order valence-electron chi connectivity index (χ4n) is 3.88. The van der Waals surface area contributed by atoms with Gasteiger partial charge < -0.3 is 5.32 Å². The number of rotatable bonds is 8. The first-order chi connectivity index (χ1) is 15.5. The van der Waals surface area contributed by atoms with Crippen molar-refractivity contribution in [3.8, 4) is 5.69 Å². The highest BCUT2D eigenvalue weighted by Crippen LogP contribution is 2.22. The molecule has 1 N–H and O–H groups in total. The fraction of sp³-hybridized carbons (Fsp3) is 0.333. The second kappa shape index (κ2) is 9.66. The van der Waals surface area contributed by atoms with Gasteiger partial charge in [-0.05, 0) is 62.6 Å². The summed E-state index contributed by atoms with van der Waals surface area (Å²) in [6, 6.07) is 14.8. The zero-order valence-electron chi connectivity index (χ0n) is 19.6. The molecule has 3 aromatic rings. The number of nitrogens with one attached hydrogen (secondary N) is 1. The van der Waals surface area contributed by atoms with E-state index in [-0.39, 0.29) is 30.1 Å². The molecule has 0 aliphatic heterocycles. The molecular formula is C24H30N4O4S. The average Bonchev–Trinajstić information content (AvgIpc) is 2.93. The second-order valence-electron chi connectivity index (χ2n) is 8.27. The summed E-state index contributed by atoms with van der Waals surface area (Å²) in [5.41, 5.74) is 3.75. The van der Waals surface area contributed by atoms with Crippen molar-refractivity contribution >= 4 is 27.3 Å². The molecule has 0 aliphatic rings. The summed E-state index contributed by atoms with van der Waals surface area (Å²) in [5.74, 6) is -0.338. The molecule has 33 heavy (non-hydrogen) atoms. The van der Waals surface area contributed by atoms with Crippen LogP contribution in [-0.2, 0) is 21.9 Å². The monoisotopic (exact) mass is 470 g/mol. The van der Waals surface area contributed by atoms with E-state index in [1.54, 1.807) is 18.7 Å². The molecule has 0 bridgehead atoms. The van der Waals surface area contributed by atoms with Crippen LogP contribution in [0.3, 0.4) is 0 Å². The van der Waals surface area contributed by atoms with Crippen molar-refractivity contribution in [1.82, 2.24) is 9.36 Å². The highest BCUT2D eigenvalue weighted by molar-refractivity contribution is 7.92. The van der Waals surface area contributed by atoms with Crippen molar-refractivity contribution in [2.24, 2.45) is 7.05 Å². The SMILES string of the molecule is Cc1cc(C)cc(N(CCCC(=O)Nc2c(C)n(C)n(-c3ccccc3)c2=O)S(C)(=O)=O)c1. The average molecular weight is 471 g/mol. The predicted octanol–water partition coefficient (Wildman–Crippen LogP) is 3.29. The van der Waals surface area contributed by atoms with Gasteiger partial charge in [0.05, 0.1) is 23.3 Å². The molecule has 9 heteroatoms. The van der Waals surface area contributed by atoms with Gasteiger partial charge >= 0.3 is 0 Å². The molecule has 1 aromatic heterocycles. The van der Waals surface area contributed by atoms with Crippen LogP contribution in [0.2, 0.25) is 0 Å². The van der Waals surface area contributed by atoms with Crippen LogP contribution in [0.15, 0.2) is 53.3 Å². The number of aryl methyl sites for hydroxylation is 2. The van der Waals surface area contributed by atoms with Crippen molar-refractivity contribution in [3.63, 3.8) is 0 Å². The summed E-state index contributed by atoms with van der Waals surface area (Å²) in [4.78, 5) is 25.6. The summed E-state index contributed by atoms with van der Waals surface area (Å²) < 4.78 is 29.2. The number of para-hydroxylation sites is 1. The molecule has 0 unspecified atom stereocenters. The summed E-state index contributed by atoms with van der Waals surface area (Å²) in [6.45, 7) is 5.75. The molecule has 0 saturated carbocycles. The minimum Gasteiger partial charge on any atom is -0.320 e. The van der Waals surface area contributed by atoms with Crippen LogP contribution in [0.1, 0.15) is 29.7 Å². The Morgan fingerprint density at radius 1 is 1.03 bits per heavy atom. The molecule has 0 fully saturated rings. The minimum absolute atomic E-state index is 0.0793. The molecule has 0 aliphatic carbocycles. The van der Waals surface area contributed by atoms with Gasteiger partial charge in [0, 0.05) is 20.0 Å². The second-order valence-corrected chi connectivity index (χ2v) is 10.2. The van der Waals surface area contributed by atoms with Gasteiger partial charge in [-0.25, -0.2) is 13.1 Å². The van der Waals surface area contributed by atoms with E-state index < -0.39 is 10.0 Å². The molecule has 3 rings (SSSR count). The molecule has 8 nitrogen and oxygen atoms in total. The summed E-state index contributed by atoms with van der Waals surface area (Å²) in [7, 11) is -1.75. The van der Waals surface area contributed by atoms with Crippen LogP contribution in [0.5, 0.6) is 0 Å². The van der Waals surface area contributed by atoms with Gasteiger partial charge in [-0.2, -0.15) is 0 Å². The first-order valence-corrected chi connectivity index (χ1v) is 12.5. The number of nitrogens with zero attached hydrogens (tertiary/aromatic N) is 3. The molecule has 0 saturated heterocycles. The normalized spacial score (nSPS) is 11.4. The lowest BCUT2D eigenvalue weighted by Crippen LogP contribution is -2.31. The predicted molar refractivity (Wildman–Crippen MR) is 132 cm³/mol. The zero-order chi connectivity index (χ0) is 24.3. The molecule has 176 valence electrons. The van der Waals surface area contributed by atoms with E-state index in [2.05, 4.69) is 5.32 Å². The van der Waals surface area contributed by atoms with Gasteiger partial charge in [-0.1, -0.05) is 24.3 Å². The van der Waals surface area contributed by atoms with Crippen LogP contribution in [0, 0.1) is 20.8 Å². The van der Waals surface area contributed by atoms with E-state index >= 15 is 0 Å². The smallest absolute Gasteiger partial charge is 0.295 e. The van der Waals surface area contributed by atoms with E-state index in [9.17, 15) is 18.0 Å². The lowest BCUT2D eigenvalue weighted by atomic mass is 10.1. The van der Waals surface area contributed by atoms with Gasteiger partial charge in [0.2, 0.25) is 15.9 Å². The Morgan fingerprint density at radius 2 is 1.64 bits per heavy atom. The third-order valence-electron chi connectivity index (χ3n) is 5.48. The van der Waals surface area contributed by atoms with Crippen LogP contribution < -0.4 is 15.2 Å². The van der Waals surface area contributed by atoms with Gasteiger partial charge in [0.1, 0.15) is 5.69 Å². The first-order valence-electron chi connectivity index (χ1n) is 10.7. The zero-order valence-corrected chi connectivity index (χ0v) is 20.4. The lowest BCUT2D eigenvalue weighted by Gasteiger charge is -2.23. The molecule has 2 aromatic carbocycles. The van der Waals surface area contributed by atoms with Gasteiger partial charge in [0.15, 0.2) is 0 Å². The van der Waals surface area contributed by atoms with Crippen molar-refractivity contribution in [2.75, 3.05) is 22.4 Å². The maximum Gasteiger partial charge on any atom is 0.295 e. The van der Waals surface area contributed by atoms with E-state index in [0.29, 0.717) is 23.5 Å². The van der Waals surface area contributed by atoms with E-state index in [1.807, 2.05) is 62.4 Å². The first kappa shape index (κ1) is 24.3. The van der Waals surface area contributed by atoms with Gasteiger partial charge in [0.25, 0.3) is 5.56 Å². The Hall–Kier alpha value is -3.33. The number of aromatic nitrogens is 2. The maximum absolute atomic E-state index is 12.9. The standard InChI is InChI=1S/C24H30N4O4S/c1-17-14-18(2)16-21(15-17)27(33(5,31)32)13-9-12-22(29)25-23-19(3)26(4)28(24(23)30)20-10-7-6-8-11-20/h6-8,10-11,14-16H,9,12-13H2,1-5H3,(H,25,29). The van der Waals surface area contributed by atoms with Crippen molar-refractivity contribution in [3.05, 3.63) is 75.7 Å². The molecule has 1 amide bonds. The minimum atomic E-state index is -3.51. The topological polar surface area (TPSA) is 93.4 Å². The Morgan fingerprint density at radius 3 is 2.21 bits per heavy atom. The largest absolute Gasteiger partial charge is 0.320 e. The Balaban J connectivity index is 1.72. The van der Waals surface area contributed by atoms with Crippen molar-refractivity contribution < 1.29 is 13.2 Å². The van der Waals surface area contributed by atoms with Crippen molar-refractivity contribution in [1.29, 1.82) is 0 Å². The number of sulfonamides is 1. The van der Waals surface area contributed by atoms with Crippen LogP contribution in [0.4, 0.5) is 11.4 Å². The third kappa shape index (κ3) is 5.54. The number of carbonyl (C=O) groups is 1. The maximum atomic E-state index is 12.9. The van der Waals surface area contributed by atoms with E-state index in [1.165, 1.54) is 8.99 Å². The molecule has 0 spiro atoms. The Bertz CT molecular complexity index is 1300. The molecule has 0 atom stereocenters. The quantitative estimate of drug-likeness (QED) is 0.547. The number of anilines is 2. The molecule has 1 heterocycles. The van der Waals surface area contributed by atoms with E-state index in [4.69, 9.17) is 0 Å². The fourth-order valence-corrected chi connectivity index (χ4v) is 4.83. The highest BCUT2D eigenvalue weighted by Gasteiger charge is 2.20. The number of hydrogen-bond acceptors (Lipinski definition) is 4. The number of benzene rings is 2. The lowest BCUT2D eigenvalue weighted by molar-refractivity contribution is -0.116. The van der Waals surface area contributed by atoms with Crippen LogP contribution >= 0.6 is 0 Å². The molecular weight excluding hydrogens is 440 g/mol. The van der Waals surface area contributed by atoms with E-state index in [0.717, 1.165) is 17.4 Å². The summed E-state index contributed by atoms with van der Waals surface area (Å²) in [6.07, 6.45) is 1.55. The summed E-state index contributed by atoms with van der Waals surface area (Å²) >= 11 is 0. The number of amides is 1. The van der Waals surface area contributed by atoms with Crippen molar-refractivity contribution in [2.45, 2.75) is 33.6 Å². The van der Waals surface area contributed by atoms with Gasteiger partial charge in [-0.15, -0.1) is 0 Å². The van der Waals surface area contributed by atoms with Crippen LogP contribution in [0.25, 0.3) is 5.69 Å². The third-order valence-corrected chi connectivity index (χ3v) is 6.67. The number of hydrogen-bond donors (Lipinski definition) is 1. The number of carbonyl (C=O) groups excluding carboxylic acids is 1. The Kier molecular flexibility index (Phi) is 7.12. The highest BCUT2D eigenvalue weighted by atomic mass is 32.2. The Labute approximate surface area is 194 Å². The van der Waals surface area contributed by atoms with Crippen LogP contribution in [-0.4, -0.2) is 36.5 Å². The molecule has 0 radical (unpaired) electrons.